The van der Waals surface area contributed by atoms with Gasteiger partial charge >= 0.3 is 0 Å². The number of benzene rings is 2. The molecule has 3 rings (SSSR count). The summed E-state index contributed by atoms with van der Waals surface area (Å²) in [6, 6.07) is 14.4. The third-order valence-corrected chi connectivity index (χ3v) is 5.89. The van der Waals surface area contributed by atoms with E-state index >= 15 is 0 Å². The second-order valence-corrected chi connectivity index (χ2v) is 9.42. The summed E-state index contributed by atoms with van der Waals surface area (Å²) < 4.78 is 7.42. The Morgan fingerprint density at radius 2 is 1.95 bits per heavy atom. The zero-order valence-corrected chi connectivity index (χ0v) is 21.7. The largest absolute Gasteiger partial charge is 0.490 e. The maximum Gasteiger partial charge on any atom is 0.251 e. The average molecular weight is 503 g/mol. The van der Waals surface area contributed by atoms with Crippen LogP contribution in [0.3, 0.4) is 0 Å². The van der Waals surface area contributed by atoms with Crippen LogP contribution in [0.25, 0.3) is 11.3 Å². The van der Waals surface area contributed by atoms with Crippen LogP contribution >= 0.6 is 0 Å². The number of aryl methyl sites for hydroxylation is 1. The van der Waals surface area contributed by atoms with E-state index in [1.54, 1.807) is 23.6 Å². The standard InChI is InChI=1S/C29H34N4O4/c1-18(2)27(35)28-32-25(17-33(28)5)21-8-6-20(7-9-21)14-24(12-13-34)31-29(36)22-10-11-26(37-19(3)4)23(15-22)16-30/h6-11,15,17,19,24,27,34-35H,1,12-14H2,2-5H3,(H,31,36)/t24-,27?/m1/s1. The van der Waals surface area contributed by atoms with Gasteiger partial charge in [-0.25, -0.2) is 4.98 Å². The number of aromatic nitrogens is 2. The summed E-state index contributed by atoms with van der Waals surface area (Å²) in [4.78, 5) is 17.5. The average Bonchev–Trinajstić information content (AvgIpc) is 3.25. The molecule has 3 aromatic rings. The Kier molecular flexibility index (Phi) is 9.23. The summed E-state index contributed by atoms with van der Waals surface area (Å²) >= 11 is 0. The van der Waals surface area contributed by atoms with Gasteiger partial charge in [0, 0.05) is 37.0 Å². The number of imidazole rings is 1. The summed E-state index contributed by atoms with van der Waals surface area (Å²) in [7, 11) is 1.83. The Labute approximate surface area is 217 Å². The number of nitriles is 1. The highest BCUT2D eigenvalue weighted by Gasteiger charge is 2.18. The molecular weight excluding hydrogens is 468 g/mol. The number of ether oxygens (including phenoxy) is 1. The van der Waals surface area contributed by atoms with Crippen LogP contribution in [0.15, 0.2) is 60.8 Å². The molecule has 0 spiro atoms. The van der Waals surface area contributed by atoms with Crippen LogP contribution in [0.4, 0.5) is 0 Å². The molecule has 1 unspecified atom stereocenters. The van der Waals surface area contributed by atoms with Crippen molar-refractivity contribution in [2.24, 2.45) is 7.05 Å². The topological polar surface area (TPSA) is 120 Å². The molecule has 37 heavy (non-hydrogen) atoms. The van der Waals surface area contributed by atoms with E-state index in [1.807, 2.05) is 51.4 Å². The van der Waals surface area contributed by atoms with Crippen molar-refractivity contribution in [3.63, 3.8) is 0 Å². The van der Waals surface area contributed by atoms with Crippen LogP contribution in [0, 0.1) is 11.3 Å². The molecule has 1 heterocycles. The molecule has 0 saturated carbocycles. The first kappa shape index (κ1) is 27.7. The lowest BCUT2D eigenvalue weighted by Crippen LogP contribution is -2.37. The molecule has 0 aliphatic rings. The first-order valence-electron chi connectivity index (χ1n) is 12.2. The number of carbonyl (C=O) groups excluding carboxylic acids is 1. The number of nitrogens with zero attached hydrogens (tertiary/aromatic N) is 3. The summed E-state index contributed by atoms with van der Waals surface area (Å²) in [5.74, 6) is 0.649. The summed E-state index contributed by atoms with van der Waals surface area (Å²) in [6.07, 6.45) is 1.85. The predicted molar refractivity (Wildman–Crippen MR) is 142 cm³/mol. The van der Waals surface area contributed by atoms with E-state index in [9.17, 15) is 20.3 Å². The van der Waals surface area contributed by atoms with Gasteiger partial charge in [0.25, 0.3) is 5.91 Å². The first-order valence-corrected chi connectivity index (χ1v) is 12.2. The molecule has 0 aliphatic heterocycles. The monoisotopic (exact) mass is 502 g/mol. The lowest BCUT2D eigenvalue weighted by Gasteiger charge is -2.19. The minimum atomic E-state index is -0.830. The van der Waals surface area contributed by atoms with Gasteiger partial charge in [0.05, 0.1) is 17.4 Å². The van der Waals surface area contributed by atoms with Gasteiger partial charge in [0.1, 0.15) is 23.7 Å². The molecule has 2 atom stereocenters. The van der Waals surface area contributed by atoms with Gasteiger partial charge in [-0.15, -0.1) is 0 Å². The highest BCUT2D eigenvalue weighted by molar-refractivity contribution is 5.95. The molecule has 0 aliphatic carbocycles. The van der Waals surface area contributed by atoms with Crippen molar-refractivity contribution in [1.29, 1.82) is 5.26 Å². The van der Waals surface area contributed by atoms with Crippen molar-refractivity contribution in [2.75, 3.05) is 6.61 Å². The van der Waals surface area contributed by atoms with E-state index < -0.39 is 6.10 Å². The Morgan fingerprint density at radius 1 is 1.24 bits per heavy atom. The molecule has 194 valence electrons. The Bertz CT molecular complexity index is 1290. The third kappa shape index (κ3) is 7.06. The SMILES string of the molecule is C=C(C)C(O)c1nc(-c2ccc(C[C@@H](CCO)NC(=O)c3ccc(OC(C)C)c(C#N)c3)cc2)cn1C. The van der Waals surface area contributed by atoms with Crippen LogP contribution in [-0.2, 0) is 13.5 Å². The van der Waals surface area contributed by atoms with E-state index in [1.165, 1.54) is 6.07 Å². The number of aliphatic hydroxyl groups excluding tert-OH is 2. The number of carbonyl (C=O) groups is 1. The Morgan fingerprint density at radius 3 is 2.54 bits per heavy atom. The van der Waals surface area contributed by atoms with Crippen LogP contribution in [-0.4, -0.2) is 44.4 Å². The molecule has 8 nitrogen and oxygen atoms in total. The van der Waals surface area contributed by atoms with Crippen molar-refractivity contribution in [3.8, 4) is 23.1 Å². The van der Waals surface area contributed by atoms with E-state index in [4.69, 9.17) is 4.74 Å². The summed E-state index contributed by atoms with van der Waals surface area (Å²) in [5, 5.41) is 32.3. The van der Waals surface area contributed by atoms with Gasteiger partial charge in [-0.2, -0.15) is 5.26 Å². The van der Waals surface area contributed by atoms with E-state index in [-0.39, 0.29) is 24.7 Å². The number of hydrogen-bond acceptors (Lipinski definition) is 6. The maximum atomic E-state index is 12.9. The Balaban J connectivity index is 1.71. The molecule has 0 radical (unpaired) electrons. The van der Waals surface area contributed by atoms with Crippen LogP contribution in [0.2, 0.25) is 0 Å². The fourth-order valence-electron chi connectivity index (χ4n) is 3.96. The van der Waals surface area contributed by atoms with E-state index in [0.29, 0.717) is 41.1 Å². The van der Waals surface area contributed by atoms with E-state index in [2.05, 4.69) is 22.9 Å². The first-order chi connectivity index (χ1) is 17.6. The maximum absolute atomic E-state index is 12.9. The van der Waals surface area contributed by atoms with Crippen molar-refractivity contribution >= 4 is 5.91 Å². The highest BCUT2D eigenvalue weighted by atomic mass is 16.5. The van der Waals surface area contributed by atoms with Crippen LogP contribution < -0.4 is 10.1 Å². The Hall–Kier alpha value is -3.93. The van der Waals surface area contributed by atoms with Crippen molar-refractivity contribution in [3.05, 3.63) is 83.3 Å². The fourth-order valence-corrected chi connectivity index (χ4v) is 3.96. The minimum absolute atomic E-state index is 0.0740. The van der Waals surface area contributed by atoms with Gasteiger partial charge in [-0.1, -0.05) is 30.8 Å². The second-order valence-electron chi connectivity index (χ2n) is 9.42. The van der Waals surface area contributed by atoms with Gasteiger partial charge in [-0.3, -0.25) is 4.79 Å². The molecule has 2 aromatic carbocycles. The quantitative estimate of drug-likeness (QED) is 0.340. The summed E-state index contributed by atoms with van der Waals surface area (Å²) in [6.45, 7) is 9.23. The van der Waals surface area contributed by atoms with Crippen molar-refractivity contribution < 1.29 is 19.7 Å². The normalized spacial score (nSPS) is 12.6. The van der Waals surface area contributed by atoms with Gasteiger partial charge in [0.2, 0.25) is 0 Å². The third-order valence-electron chi connectivity index (χ3n) is 5.89. The number of aliphatic hydroxyl groups is 2. The van der Waals surface area contributed by atoms with Gasteiger partial charge < -0.3 is 24.8 Å². The summed E-state index contributed by atoms with van der Waals surface area (Å²) in [5.41, 5.74) is 3.89. The molecule has 1 amide bonds. The van der Waals surface area contributed by atoms with Crippen LogP contribution in [0.1, 0.15) is 60.6 Å². The van der Waals surface area contributed by atoms with Crippen LogP contribution in [0.5, 0.6) is 5.75 Å². The number of nitrogens with one attached hydrogen (secondary N) is 1. The lowest BCUT2D eigenvalue weighted by molar-refractivity contribution is 0.0930. The van der Waals surface area contributed by atoms with Crippen molar-refractivity contribution in [2.45, 2.75) is 51.9 Å². The minimum Gasteiger partial charge on any atom is -0.490 e. The molecule has 0 fully saturated rings. The number of amides is 1. The zero-order valence-electron chi connectivity index (χ0n) is 21.7. The lowest BCUT2D eigenvalue weighted by atomic mass is 10.0. The molecule has 1 aromatic heterocycles. The number of rotatable bonds is 11. The second kappa shape index (κ2) is 12.3. The van der Waals surface area contributed by atoms with Gasteiger partial charge in [-0.05, 0) is 62.9 Å². The molecule has 8 heteroatoms. The molecular formula is C29H34N4O4. The van der Waals surface area contributed by atoms with E-state index in [0.717, 1.165) is 16.8 Å². The molecule has 0 bridgehead atoms. The molecule has 3 N–H and O–H groups in total. The smallest absolute Gasteiger partial charge is 0.251 e. The zero-order chi connectivity index (χ0) is 27.1. The highest BCUT2D eigenvalue weighted by Crippen LogP contribution is 2.25. The fraction of sp³-hybridized carbons (Fsp3) is 0.345. The number of hydrogen-bond donors (Lipinski definition) is 3. The van der Waals surface area contributed by atoms with Gasteiger partial charge in [0.15, 0.2) is 0 Å². The molecule has 0 saturated heterocycles. The predicted octanol–water partition coefficient (Wildman–Crippen LogP) is 4.08. The van der Waals surface area contributed by atoms with Crippen molar-refractivity contribution in [1.82, 2.24) is 14.9 Å².